The minimum absolute atomic E-state index is 0.276. The first kappa shape index (κ1) is 13.0. The molecule has 0 bridgehead atoms. The molecule has 18 heavy (non-hydrogen) atoms. The van der Waals surface area contributed by atoms with Crippen molar-refractivity contribution >= 4 is 0 Å². The summed E-state index contributed by atoms with van der Waals surface area (Å²) in [6, 6.07) is 6.81. The van der Waals surface area contributed by atoms with Crippen molar-refractivity contribution in [2.75, 3.05) is 6.61 Å². The van der Waals surface area contributed by atoms with Crippen LogP contribution in [0.2, 0.25) is 0 Å². The highest BCUT2D eigenvalue weighted by Crippen LogP contribution is 2.14. The smallest absolute Gasteiger partial charge is 0.124 e. The van der Waals surface area contributed by atoms with Crippen molar-refractivity contribution in [1.82, 2.24) is 5.32 Å². The van der Waals surface area contributed by atoms with Gasteiger partial charge in [-0.2, -0.15) is 5.26 Å². The summed E-state index contributed by atoms with van der Waals surface area (Å²) in [5.74, 6) is -0.355. The monoisotopic (exact) mass is 248 g/mol. The van der Waals surface area contributed by atoms with Crippen LogP contribution in [0.15, 0.2) is 18.2 Å². The Hall–Kier alpha value is -1.44. The second-order valence-electron chi connectivity index (χ2n) is 4.74. The maximum Gasteiger partial charge on any atom is 0.124 e. The van der Waals surface area contributed by atoms with Crippen LogP contribution in [-0.2, 0) is 11.3 Å². The van der Waals surface area contributed by atoms with Crippen LogP contribution in [0.5, 0.6) is 0 Å². The molecule has 2 rings (SSSR count). The highest BCUT2D eigenvalue weighted by molar-refractivity contribution is 5.33. The predicted octanol–water partition coefficient (Wildman–Crippen LogP) is 2.35. The Kier molecular flexibility index (Phi) is 4.29. The van der Waals surface area contributed by atoms with Crippen LogP contribution in [0, 0.1) is 17.1 Å². The number of hydrogen-bond donors (Lipinski definition) is 1. The van der Waals surface area contributed by atoms with E-state index in [2.05, 4.69) is 12.2 Å². The molecule has 1 fully saturated rings. The van der Waals surface area contributed by atoms with Crippen molar-refractivity contribution in [3.05, 3.63) is 35.1 Å². The molecule has 1 aromatic rings. The Morgan fingerprint density at radius 2 is 2.33 bits per heavy atom. The van der Waals surface area contributed by atoms with Crippen molar-refractivity contribution in [3.63, 3.8) is 0 Å². The quantitative estimate of drug-likeness (QED) is 0.893. The summed E-state index contributed by atoms with van der Waals surface area (Å²) in [7, 11) is 0. The summed E-state index contributed by atoms with van der Waals surface area (Å²) < 4.78 is 18.7. The Morgan fingerprint density at radius 1 is 1.50 bits per heavy atom. The van der Waals surface area contributed by atoms with Gasteiger partial charge in [-0.25, -0.2) is 4.39 Å². The van der Waals surface area contributed by atoms with E-state index in [1.54, 1.807) is 6.07 Å². The molecule has 0 aliphatic carbocycles. The standard InChI is InChI=1S/C14H17FN2O/c1-10-4-14(2-3-18-10)17-9-12-5-11(8-16)6-13(15)7-12/h5-7,10,14,17H,2-4,9H2,1H3. The largest absolute Gasteiger partial charge is 0.378 e. The predicted molar refractivity (Wildman–Crippen MR) is 66.4 cm³/mol. The van der Waals surface area contributed by atoms with E-state index in [9.17, 15) is 4.39 Å². The van der Waals surface area contributed by atoms with Crippen LogP contribution < -0.4 is 5.32 Å². The second kappa shape index (κ2) is 5.94. The first-order chi connectivity index (χ1) is 8.67. The fourth-order valence-electron chi connectivity index (χ4n) is 2.26. The molecule has 4 heteroatoms. The maximum absolute atomic E-state index is 13.2. The summed E-state index contributed by atoms with van der Waals surface area (Å²) in [5, 5.41) is 12.2. The molecule has 0 amide bonds. The lowest BCUT2D eigenvalue weighted by Crippen LogP contribution is -2.37. The van der Waals surface area contributed by atoms with Gasteiger partial charge in [0.2, 0.25) is 0 Å². The molecule has 1 heterocycles. The topological polar surface area (TPSA) is 45.0 Å². The van der Waals surface area contributed by atoms with Crippen LogP contribution in [0.3, 0.4) is 0 Å². The van der Waals surface area contributed by atoms with Crippen molar-refractivity contribution in [3.8, 4) is 6.07 Å². The zero-order valence-electron chi connectivity index (χ0n) is 10.4. The molecule has 96 valence electrons. The Balaban J connectivity index is 1.93. The van der Waals surface area contributed by atoms with Crippen LogP contribution in [0.25, 0.3) is 0 Å². The number of nitriles is 1. The summed E-state index contributed by atoms with van der Waals surface area (Å²) in [6.07, 6.45) is 2.23. The summed E-state index contributed by atoms with van der Waals surface area (Å²) in [6.45, 7) is 3.42. The van der Waals surface area contributed by atoms with Crippen LogP contribution in [-0.4, -0.2) is 18.8 Å². The highest BCUT2D eigenvalue weighted by Gasteiger charge is 2.18. The molecule has 1 aromatic carbocycles. The molecule has 0 radical (unpaired) electrons. The van der Waals surface area contributed by atoms with Crippen molar-refractivity contribution in [1.29, 1.82) is 5.26 Å². The molecule has 0 spiro atoms. The number of benzene rings is 1. The summed E-state index contributed by atoms with van der Waals surface area (Å²) >= 11 is 0. The molecule has 1 saturated heterocycles. The minimum Gasteiger partial charge on any atom is -0.378 e. The molecule has 0 saturated carbocycles. The molecule has 2 atom stereocenters. The molecule has 1 aliphatic heterocycles. The van der Waals surface area contributed by atoms with Crippen molar-refractivity contribution < 1.29 is 9.13 Å². The van der Waals surface area contributed by atoms with E-state index in [-0.39, 0.29) is 11.9 Å². The number of rotatable bonds is 3. The fraction of sp³-hybridized carbons (Fsp3) is 0.500. The lowest BCUT2D eigenvalue weighted by molar-refractivity contribution is 0.0130. The second-order valence-corrected chi connectivity index (χ2v) is 4.74. The SMILES string of the molecule is CC1CC(NCc2cc(F)cc(C#N)c2)CCO1. The average Bonchev–Trinajstić information content (AvgIpc) is 2.36. The fourth-order valence-corrected chi connectivity index (χ4v) is 2.26. The number of hydrogen-bond acceptors (Lipinski definition) is 3. The van der Waals surface area contributed by atoms with Gasteiger partial charge in [-0.05, 0) is 43.5 Å². The lowest BCUT2D eigenvalue weighted by Gasteiger charge is -2.28. The third kappa shape index (κ3) is 3.52. The number of nitrogens with zero attached hydrogens (tertiary/aromatic N) is 1. The van der Waals surface area contributed by atoms with Gasteiger partial charge in [-0.3, -0.25) is 0 Å². The van der Waals surface area contributed by atoms with Gasteiger partial charge in [-0.1, -0.05) is 0 Å². The van der Waals surface area contributed by atoms with Gasteiger partial charge in [0.15, 0.2) is 0 Å². The van der Waals surface area contributed by atoms with Crippen LogP contribution in [0.1, 0.15) is 30.9 Å². The first-order valence-corrected chi connectivity index (χ1v) is 6.22. The number of halogens is 1. The molecular formula is C14H17FN2O. The van der Waals surface area contributed by atoms with Gasteiger partial charge in [-0.15, -0.1) is 0 Å². The van der Waals surface area contributed by atoms with Gasteiger partial charge in [0.1, 0.15) is 5.82 Å². The lowest BCUT2D eigenvalue weighted by atomic mass is 10.0. The molecule has 0 aromatic heterocycles. The zero-order valence-corrected chi connectivity index (χ0v) is 10.4. The molecule has 2 unspecified atom stereocenters. The molecule has 3 nitrogen and oxygen atoms in total. The molecule has 1 aliphatic rings. The maximum atomic E-state index is 13.2. The van der Waals surface area contributed by atoms with E-state index < -0.39 is 0 Å². The third-order valence-corrected chi connectivity index (χ3v) is 3.17. The van der Waals surface area contributed by atoms with Crippen LogP contribution in [0.4, 0.5) is 4.39 Å². The van der Waals surface area contributed by atoms with Gasteiger partial charge in [0, 0.05) is 19.2 Å². The summed E-state index contributed by atoms with van der Waals surface area (Å²) in [5.41, 5.74) is 1.18. The number of nitrogens with one attached hydrogen (secondary N) is 1. The van der Waals surface area contributed by atoms with Gasteiger partial charge >= 0.3 is 0 Å². The Labute approximate surface area is 107 Å². The van der Waals surface area contributed by atoms with E-state index in [1.807, 2.05) is 6.07 Å². The van der Waals surface area contributed by atoms with E-state index >= 15 is 0 Å². The Morgan fingerprint density at radius 3 is 3.06 bits per heavy atom. The van der Waals surface area contributed by atoms with E-state index in [0.29, 0.717) is 18.2 Å². The minimum atomic E-state index is -0.355. The average molecular weight is 248 g/mol. The van der Waals surface area contributed by atoms with Crippen molar-refractivity contribution in [2.24, 2.45) is 0 Å². The normalized spacial score (nSPS) is 23.6. The van der Waals surface area contributed by atoms with Crippen molar-refractivity contribution in [2.45, 2.75) is 38.5 Å². The Bertz CT molecular complexity index is 456. The van der Waals surface area contributed by atoms with Crippen LogP contribution >= 0.6 is 0 Å². The van der Waals surface area contributed by atoms with Gasteiger partial charge in [0.05, 0.1) is 17.7 Å². The number of ether oxygens (including phenoxy) is 1. The zero-order chi connectivity index (χ0) is 13.0. The van der Waals surface area contributed by atoms with Gasteiger partial charge < -0.3 is 10.1 Å². The third-order valence-electron chi connectivity index (χ3n) is 3.17. The van der Waals surface area contributed by atoms with E-state index in [0.717, 1.165) is 25.0 Å². The van der Waals surface area contributed by atoms with E-state index in [4.69, 9.17) is 10.00 Å². The summed E-state index contributed by atoms with van der Waals surface area (Å²) in [4.78, 5) is 0. The van der Waals surface area contributed by atoms with E-state index in [1.165, 1.54) is 12.1 Å². The molecular weight excluding hydrogens is 231 g/mol. The highest BCUT2D eigenvalue weighted by atomic mass is 19.1. The van der Waals surface area contributed by atoms with Gasteiger partial charge in [0.25, 0.3) is 0 Å². The first-order valence-electron chi connectivity index (χ1n) is 6.22. The molecule has 1 N–H and O–H groups in total.